The van der Waals surface area contributed by atoms with E-state index in [2.05, 4.69) is 12.6 Å². The fourth-order valence-electron chi connectivity index (χ4n) is 1.01. The number of rotatable bonds is 2. The Balaban J connectivity index is 3.04. The van der Waals surface area contributed by atoms with Crippen LogP contribution in [0, 0.1) is 6.92 Å². The van der Waals surface area contributed by atoms with Gasteiger partial charge in [-0.3, -0.25) is 0 Å². The number of nitrogen functional groups attached to an aromatic ring is 1. The lowest BCUT2D eigenvalue weighted by atomic mass is 10.1. The maximum absolute atomic E-state index is 5.74. The van der Waals surface area contributed by atoms with Crippen molar-refractivity contribution >= 4 is 11.8 Å². The lowest BCUT2D eigenvalue weighted by Gasteiger charge is -2.00. The first kappa shape index (κ1) is 8.60. The molecule has 0 fully saturated rings. The molecule has 0 atom stereocenters. The highest BCUT2D eigenvalue weighted by Crippen LogP contribution is 2.14. The highest BCUT2D eigenvalue weighted by atomic mass is 14.5. The van der Waals surface area contributed by atoms with Crippen molar-refractivity contribution in [1.82, 2.24) is 0 Å². The number of benzene rings is 1. The molecule has 0 aliphatic rings. The SMILES string of the molecule is C=C/C=C\c1cc(C)ccc1N. The second-order valence-corrected chi connectivity index (χ2v) is 2.73. The molecule has 2 N–H and O–H groups in total. The van der Waals surface area contributed by atoms with Crippen LogP contribution >= 0.6 is 0 Å². The lowest BCUT2D eigenvalue weighted by Crippen LogP contribution is -1.88. The van der Waals surface area contributed by atoms with E-state index in [0.717, 1.165) is 11.3 Å². The summed E-state index contributed by atoms with van der Waals surface area (Å²) in [6.45, 7) is 5.65. The van der Waals surface area contributed by atoms with Gasteiger partial charge in [-0.05, 0) is 24.6 Å². The van der Waals surface area contributed by atoms with Gasteiger partial charge in [0.25, 0.3) is 0 Å². The zero-order chi connectivity index (χ0) is 8.97. The molecule has 62 valence electrons. The molecule has 1 heteroatoms. The van der Waals surface area contributed by atoms with Crippen molar-refractivity contribution in [3.05, 3.63) is 48.1 Å². The predicted octanol–water partition coefficient (Wildman–Crippen LogP) is 2.78. The fourth-order valence-corrected chi connectivity index (χ4v) is 1.01. The molecule has 0 saturated heterocycles. The molecule has 0 spiro atoms. The summed E-state index contributed by atoms with van der Waals surface area (Å²) >= 11 is 0. The molecular weight excluding hydrogens is 146 g/mol. The number of hydrogen-bond acceptors (Lipinski definition) is 1. The minimum absolute atomic E-state index is 0.804. The molecule has 0 bridgehead atoms. The molecule has 0 aliphatic carbocycles. The maximum atomic E-state index is 5.74. The molecule has 1 rings (SSSR count). The van der Waals surface area contributed by atoms with Crippen LogP contribution in [0.5, 0.6) is 0 Å². The van der Waals surface area contributed by atoms with E-state index in [1.54, 1.807) is 6.08 Å². The van der Waals surface area contributed by atoms with E-state index in [0.29, 0.717) is 0 Å². The standard InChI is InChI=1S/C11H13N/c1-3-4-5-10-8-9(2)6-7-11(10)12/h3-8H,1,12H2,2H3/b5-4-. The quantitative estimate of drug-likeness (QED) is 0.521. The minimum Gasteiger partial charge on any atom is -0.398 e. The molecular formula is C11H13N. The molecule has 0 aromatic heterocycles. The summed E-state index contributed by atoms with van der Waals surface area (Å²) in [7, 11) is 0. The Morgan fingerprint density at radius 1 is 1.42 bits per heavy atom. The van der Waals surface area contributed by atoms with Gasteiger partial charge >= 0.3 is 0 Å². The first-order valence-corrected chi connectivity index (χ1v) is 3.89. The molecule has 0 aliphatic heterocycles. The van der Waals surface area contributed by atoms with Crippen molar-refractivity contribution in [2.24, 2.45) is 0 Å². The van der Waals surface area contributed by atoms with Gasteiger partial charge in [-0.15, -0.1) is 0 Å². The Labute approximate surface area is 73.2 Å². The van der Waals surface area contributed by atoms with Crippen molar-refractivity contribution in [3.63, 3.8) is 0 Å². The number of allylic oxidation sites excluding steroid dienone is 2. The van der Waals surface area contributed by atoms with E-state index in [9.17, 15) is 0 Å². The smallest absolute Gasteiger partial charge is 0.0387 e. The van der Waals surface area contributed by atoms with Crippen LogP contribution < -0.4 is 5.73 Å². The summed E-state index contributed by atoms with van der Waals surface area (Å²) < 4.78 is 0. The molecule has 0 radical (unpaired) electrons. The summed E-state index contributed by atoms with van der Waals surface area (Å²) in [6.07, 6.45) is 5.57. The summed E-state index contributed by atoms with van der Waals surface area (Å²) in [5.74, 6) is 0. The Morgan fingerprint density at radius 2 is 2.17 bits per heavy atom. The Morgan fingerprint density at radius 3 is 2.83 bits per heavy atom. The van der Waals surface area contributed by atoms with E-state index in [1.807, 2.05) is 31.2 Å². The Kier molecular flexibility index (Phi) is 2.70. The Hall–Kier alpha value is -1.50. The van der Waals surface area contributed by atoms with Crippen molar-refractivity contribution in [2.45, 2.75) is 6.92 Å². The average Bonchev–Trinajstić information content (AvgIpc) is 2.07. The van der Waals surface area contributed by atoms with Crippen molar-refractivity contribution in [1.29, 1.82) is 0 Å². The monoisotopic (exact) mass is 159 g/mol. The maximum Gasteiger partial charge on any atom is 0.0387 e. The normalized spacial score (nSPS) is 10.4. The van der Waals surface area contributed by atoms with E-state index in [1.165, 1.54) is 5.56 Å². The summed E-state index contributed by atoms with van der Waals surface area (Å²) in [5, 5.41) is 0. The van der Waals surface area contributed by atoms with Gasteiger partial charge in [0.15, 0.2) is 0 Å². The molecule has 0 unspecified atom stereocenters. The largest absolute Gasteiger partial charge is 0.398 e. The first-order valence-electron chi connectivity index (χ1n) is 3.89. The summed E-state index contributed by atoms with van der Waals surface area (Å²) in [5.41, 5.74) is 8.82. The van der Waals surface area contributed by atoms with Gasteiger partial charge in [-0.25, -0.2) is 0 Å². The van der Waals surface area contributed by atoms with Crippen LogP contribution in [0.25, 0.3) is 6.08 Å². The first-order chi connectivity index (χ1) is 5.74. The summed E-state index contributed by atoms with van der Waals surface area (Å²) in [6, 6.07) is 5.97. The van der Waals surface area contributed by atoms with E-state index < -0.39 is 0 Å². The number of hydrogen-bond donors (Lipinski definition) is 1. The van der Waals surface area contributed by atoms with E-state index >= 15 is 0 Å². The zero-order valence-electron chi connectivity index (χ0n) is 7.25. The average molecular weight is 159 g/mol. The fraction of sp³-hybridized carbons (Fsp3) is 0.0909. The third kappa shape index (κ3) is 1.99. The van der Waals surface area contributed by atoms with Gasteiger partial charge in [-0.1, -0.05) is 36.4 Å². The van der Waals surface area contributed by atoms with Crippen molar-refractivity contribution < 1.29 is 0 Å². The molecule has 1 nitrogen and oxygen atoms in total. The second-order valence-electron chi connectivity index (χ2n) is 2.73. The van der Waals surface area contributed by atoms with Crippen LogP contribution in [0.4, 0.5) is 5.69 Å². The van der Waals surface area contributed by atoms with Gasteiger partial charge < -0.3 is 5.73 Å². The topological polar surface area (TPSA) is 26.0 Å². The molecule has 0 amide bonds. The molecule has 1 aromatic rings. The lowest BCUT2D eigenvalue weighted by molar-refractivity contribution is 1.46. The number of anilines is 1. The van der Waals surface area contributed by atoms with Crippen LogP contribution in [0.3, 0.4) is 0 Å². The highest BCUT2D eigenvalue weighted by Gasteiger charge is 1.93. The molecule has 0 heterocycles. The summed E-state index contributed by atoms with van der Waals surface area (Å²) in [4.78, 5) is 0. The van der Waals surface area contributed by atoms with Crippen LogP contribution in [0.1, 0.15) is 11.1 Å². The third-order valence-electron chi connectivity index (χ3n) is 1.65. The minimum atomic E-state index is 0.804. The predicted molar refractivity (Wildman–Crippen MR) is 54.8 cm³/mol. The van der Waals surface area contributed by atoms with Crippen LogP contribution in [0.15, 0.2) is 36.9 Å². The highest BCUT2D eigenvalue weighted by molar-refractivity contribution is 5.65. The van der Waals surface area contributed by atoms with Crippen molar-refractivity contribution in [3.8, 4) is 0 Å². The van der Waals surface area contributed by atoms with Gasteiger partial charge in [0.2, 0.25) is 0 Å². The van der Waals surface area contributed by atoms with Gasteiger partial charge in [-0.2, -0.15) is 0 Å². The number of nitrogens with two attached hydrogens (primary N) is 1. The van der Waals surface area contributed by atoms with Crippen LogP contribution in [0.2, 0.25) is 0 Å². The van der Waals surface area contributed by atoms with Gasteiger partial charge in [0.05, 0.1) is 0 Å². The number of aryl methyl sites for hydroxylation is 1. The molecule has 0 saturated carbocycles. The van der Waals surface area contributed by atoms with Gasteiger partial charge in [0, 0.05) is 5.69 Å². The van der Waals surface area contributed by atoms with Crippen LogP contribution in [-0.4, -0.2) is 0 Å². The zero-order valence-corrected chi connectivity index (χ0v) is 7.25. The molecule has 1 aromatic carbocycles. The second kappa shape index (κ2) is 3.77. The Bertz CT molecular complexity index is 311. The third-order valence-corrected chi connectivity index (χ3v) is 1.65. The van der Waals surface area contributed by atoms with E-state index in [4.69, 9.17) is 5.73 Å². The van der Waals surface area contributed by atoms with Crippen LogP contribution in [-0.2, 0) is 0 Å². The van der Waals surface area contributed by atoms with Crippen molar-refractivity contribution in [2.75, 3.05) is 5.73 Å². The van der Waals surface area contributed by atoms with E-state index in [-0.39, 0.29) is 0 Å². The molecule has 12 heavy (non-hydrogen) atoms. The van der Waals surface area contributed by atoms with Gasteiger partial charge in [0.1, 0.15) is 0 Å².